The fourth-order valence-corrected chi connectivity index (χ4v) is 3.55. The first-order valence-corrected chi connectivity index (χ1v) is 11.0. The van der Waals surface area contributed by atoms with E-state index in [9.17, 15) is 9.59 Å². The molecule has 2 amide bonds. The van der Waals surface area contributed by atoms with Crippen molar-refractivity contribution >= 4 is 27.7 Å². The number of hydrogen-bond acceptors (Lipinski definition) is 5. The summed E-state index contributed by atoms with van der Waals surface area (Å²) in [7, 11) is 0. The first-order chi connectivity index (χ1) is 14.8. The predicted molar refractivity (Wildman–Crippen MR) is 120 cm³/mol. The van der Waals surface area contributed by atoms with Crippen LogP contribution in [0.25, 0.3) is 0 Å². The van der Waals surface area contributed by atoms with Crippen molar-refractivity contribution in [1.82, 2.24) is 10.9 Å². The summed E-state index contributed by atoms with van der Waals surface area (Å²) in [5, 5.41) is 0. The van der Waals surface area contributed by atoms with E-state index >= 15 is 0 Å². The van der Waals surface area contributed by atoms with Crippen LogP contribution in [0.4, 0.5) is 0 Å². The van der Waals surface area contributed by atoms with Crippen LogP contribution in [-0.4, -0.2) is 37.2 Å². The van der Waals surface area contributed by atoms with Crippen molar-refractivity contribution in [3.63, 3.8) is 0 Å². The van der Waals surface area contributed by atoms with Gasteiger partial charge in [-0.3, -0.25) is 20.4 Å². The van der Waals surface area contributed by atoms with Crippen molar-refractivity contribution in [3.05, 3.63) is 57.6 Å². The Morgan fingerprint density at radius 2 is 1.97 bits per heavy atom. The first-order valence-electron chi connectivity index (χ1n) is 10.2. The highest BCUT2D eigenvalue weighted by Gasteiger charge is 2.18. The van der Waals surface area contributed by atoms with Gasteiger partial charge >= 0.3 is 0 Å². The molecule has 1 saturated heterocycles. The average Bonchev–Trinajstić information content (AvgIpc) is 3.27. The molecular formula is C23H27BrN2O5. The largest absolute Gasteiger partial charge is 0.490 e. The van der Waals surface area contributed by atoms with Gasteiger partial charge in [-0.2, -0.15) is 0 Å². The van der Waals surface area contributed by atoms with E-state index in [0.717, 1.165) is 30.6 Å². The van der Waals surface area contributed by atoms with Gasteiger partial charge in [-0.05, 0) is 91.0 Å². The molecule has 0 saturated carbocycles. The Morgan fingerprint density at radius 3 is 2.65 bits per heavy atom. The second-order valence-electron chi connectivity index (χ2n) is 7.54. The molecule has 0 bridgehead atoms. The Bertz CT molecular complexity index is 944. The van der Waals surface area contributed by atoms with Gasteiger partial charge in [-0.15, -0.1) is 0 Å². The molecule has 0 radical (unpaired) electrons. The third-order valence-electron chi connectivity index (χ3n) is 5.10. The number of carbonyl (C=O) groups excluding carboxylic acids is 2. The quantitative estimate of drug-likeness (QED) is 0.575. The van der Waals surface area contributed by atoms with Gasteiger partial charge in [0.05, 0.1) is 10.6 Å². The summed E-state index contributed by atoms with van der Waals surface area (Å²) in [6, 6.07) is 10.6. The predicted octanol–water partition coefficient (Wildman–Crippen LogP) is 3.85. The lowest BCUT2D eigenvalue weighted by atomic mass is 10.1. The van der Waals surface area contributed by atoms with Crippen LogP contribution in [-0.2, 0) is 9.53 Å². The number of amides is 2. The Balaban J connectivity index is 1.49. The molecule has 1 aliphatic rings. The Morgan fingerprint density at radius 1 is 1.16 bits per heavy atom. The number of hydrazine groups is 1. The van der Waals surface area contributed by atoms with Gasteiger partial charge in [0.1, 0.15) is 18.1 Å². The molecule has 3 rings (SSSR count). The van der Waals surface area contributed by atoms with Gasteiger partial charge in [0, 0.05) is 12.2 Å². The molecular weight excluding hydrogens is 464 g/mol. The number of aryl methyl sites for hydroxylation is 2. The fraction of sp³-hybridized carbons (Fsp3) is 0.391. The van der Waals surface area contributed by atoms with E-state index < -0.39 is 17.9 Å². The SMILES string of the molecule is Cc1ccc(OC(C)C(=O)NNC(=O)c2ccc(OCC3CCCO3)c(Br)c2)cc1C. The van der Waals surface area contributed by atoms with Gasteiger partial charge in [0.25, 0.3) is 11.8 Å². The highest BCUT2D eigenvalue weighted by atomic mass is 79.9. The van der Waals surface area contributed by atoms with Crippen molar-refractivity contribution in [2.24, 2.45) is 0 Å². The molecule has 2 aromatic carbocycles. The molecule has 2 aromatic rings. The number of benzene rings is 2. The molecule has 1 heterocycles. The first kappa shape index (κ1) is 23.1. The standard InChI is InChI=1S/C23H27BrN2O5/c1-14-6-8-18(11-15(14)2)31-16(3)22(27)25-26-23(28)17-7-9-21(20(24)12-17)30-13-19-5-4-10-29-19/h6-9,11-12,16,19H,4-5,10,13H2,1-3H3,(H,25,27)(H,26,28). The molecule has 0 aliphatic carbocycles. The molecule has 0 spiro atoms. The molecule has 2 unspecified atom stereocenters. The van der Waals surface area contributed by atoms with Crippen molar-refractivity contribution < 1.29 is 23.8 Å². The van der Waals surface area contributed by atoms with Crippen LogP contribution in [0.2, 0.25) is 0 Å². The smallest absolute Gasteiger partial charge is 0.279 e. The van der Waals surface area contributed by atoms with Crippen LogP contribution in [0, 0.1) is 13.8 Å². The topological polar surface area (TPSA) is 85.9 Å². The normalized spacial score (nSPS) is 16.5. The molecule has 1 fully saturated rings. The van der Waals surface area contributed by atoms with E-state index in [-0.39, 0.29) is 6.10 Å². The van der Waals surface area contributed by atoms with E-state index in [2.05, 4.69) is 26.8 Å². The van der Waals surface area contributed by atoms with Gasteiger partial charge in [0.2, 0.25) is 0 Å². The average molecular weight is 491 g/mol. The van der Waals surface area contributed by atoms with Crippen LogP contribution in [0.15, 0.2) is 40.9 Å². The summed E-state index contributed by atoms with van der Waals surface area (Å²) < 4.78 is 17.6. The van der Waals surface area contributed by atoms with Crippen molar-refractivity contribution in [2.75, 3.05) is 13.2 Å². The lowest BCUT2D eigenvalue weighted by molar-refractivity contribution is -0.128. The van der Waals surface area contributed by atoms with Gasteiger partial charge in [0.15, 0.2) is 6.10 Å². The zero-order valence-electron chi connectivity index (χ0n) is 17.9. The maximum absolute atomic E-state index is 12.4. The number of carbonyl (C=O) groups is 2. The van der Waals surface area contributed by atoms with Crippen molar-refractivity contribution in [1.29, 1.82) is 0 Å². The van der Waals surface area contributed by atoms with Gasteiger partial charge in [-0.1, -0.05) is 6.07 Å². The van der Waals surface area contributed by atoms with Crippen molar-refractivity contribution in [2.45, 2.75) is 45.8 Å². The summed E-state index contributed by atoms with van der Waals surface area (Å²) >= 11 is 3.42. The lowest BCUT2D eigenvalue weighted by Crippen LogP contribution is -2.47. The highest BCUT2D eigenvalue weighted by molar-refractivity contribution is 9.10. The van der Waals surface area contributed by atoms with Crippen LogP contribution < -0.4 is 20.3 Å². The fourth-order valence-electron chi connectivity index (χ4n) is 3.05. The van der Waals surface area contributed by atoms with Crippen LogP contribution in [0.5, 0.6) is 11.5 Å². The molecule has 7 nitrogen and oxygen atoms in total. The van der Waals surface area contributed by atoms with Gasteiger partial charge in [-0.25, -0.2) is 0 Å². The van der Waals surface area contributed by atoms with Crippen LogP contribution in [0.3, 0.4) is 0 Å². The number of nitrogens with one attached hydrogen (secondary N) is 2. The maximum atomic E-state index is 12.4. The number of rotatable bonds is 7. The summed E-state index contributed by atoms with van der Waals surface area (Å²) in [5.41, 5.74) is 7.40. The van der Waals surface area contributed by atoms with Crippen LogP contribution in [0.1, 0.15) is 41.3 Å². The minimum Gasteiger partial charge on any atom is -0.490 e. The van der Waals surface area contributed by atoms with E-state index in [1.54, 1.807) is 25.1 Å². The molecule has 31 heavy (non-hydrogen) atoms. The van der Waals surface area contributed by atoms with Gasteiger partial charge < -0.3 is 14.2 Å². The molecule has 166 valence electrons. The zero-order valence-corrected chi connectivity index (χ0v) is 19.5. The lowest BCUT2D eigenvalue weighted by Gasteiger charge is -2.16. The maximum Gasteiger partial charge on any atom is 0.279 e. The van der Waals surface area contributed by atoms with Crippen LogP contribution >= 0.6 is 15.9 Å². The van der Waals surface area contributed by atoms with E-state index in [1.807, 2.05) is 32.0 Å². The minimum absolute atomic E-state index is 0.109. The summed E-state index contributed by atoms with van der Waals surface area (Å²) in [6.07, 6.45) is 1.37. The summed E-state index contributed by atoms with van der Waals surface area (Å²) in [6.45, 7) is 6.84. The minimum atomic E-state index is -0.775. The number of hydrogen-bond donors (Lipinski definition) is 2. The Hall–Kier alpha value is -2.58. The highest BCUT2D eigenvalue weighted by Crippen LogP contribution is 2.27. The summed E-state index contributed by atoms with van der Waals surface area (Å²) in [5.74, 6) is 0.325. The third kappa shape index (κ3) is 6.45. The molecule has 0 aromatic heterocycles. The van der Waals surface area contributed by atoms with E-state index in [1.165, 1.54) is 0 Å². The Labute approximate surface area is 190 Å². The molecule has 2 N–H and O–H groups in total. The molecule has 2 atom stereocenters. The summed E-state index contributed by atoms with van der Waals surface area (Å²) in [4.78, 5) is 24.7. The second kappa shape index (κ2) is 10.6. The second-order valence-corrected chi connectivity index (χ2v) is 8.40. The Kier molecular flexibility index (Phi) is 7.92. The zero-order chi connectivity index (χ0) is 22.4. The van der Waals surface area contributed by atoms with E-state index in [0.29, 0.717) is 28.1 Å². The van der Waals surface area contributed by atoms with Crippen molar-refractivity contribution in [3.8, 4) is 11.5 Å². The monoisotopic (exact) mass is 490 g/mol. The number of ether oxygens (including phenoxy) is 3. The molecule has 8 heteroatoms. The third-order valence-corrected chi connectivity index (χ3v) is 5.72. The number of halogens is 1. The van der Waals surface area contributed by atoms with E-state index in [4.69, 9.17) is 14.2 Å². The molecule has 1 aliphatic heterocycles.